The molecule has 1 aliphatic rings. The molecular formula is C22H29FN4O3S. The first-order valence-corrected chi connectivity index (χ1v) is 12.0. The highest BCUT2D eigenvalue weighted by atomic mass is 32.2. The molecular weight excluding hydrogens is 419 g/mol. The zero-order valence-corrected chi connectivity index (χ0v) is 18.9. The van der Waals surface area contributed by atoms with Crippen LogP contribution >= 0.6 is 0 Å². The number of likely N-dealkylation sites (N-methyl/N-ethyl adjacent to an activating group) is 1. The standard InChI is InChI=1S/C22H29FN4O3S/c1-17(27(31(3,29)30)21-10-6-19(23)7-11-21)22(28)24-16-18-4-8-20(9-5-18)26-14-12-25(2)13-15-26/h4-11,17H,12-16H2,1-3H3,(H,24,28)/t17-/m1/s1. The highest BCUT2D eigenvalue weighted by Gasteiger charge is 2.29. The zero-order valence-electron chi connectivity index (χ0n) is 18.1. The topological polar surface area (TPSA) is 73.0 Å². The van der Waals surface area contributed by atoms with Crippen molar-refractivity contribution in [2.45, 2.75) is 19.5 Å². The van der Waals surface area contributed by atoms with Crippen molar-refractivity contribution in [2.75, 3.05) is 48.7 Å². The number of carbonyl (C=O) groups is 1. The Kier molecular flexibility index (Phi) is 7.17. The monoisotopic (exact) mass is 448 g/mol. The Balaban J connectivity index is 1.62. The van der Waals surface area contributed by atoms with E-state index in [1.807, 2.05) is 24.3 Å². The van der Waals surface area contributed by atoms with Crippen LogP contribution in [0.15, 0.2) is 48.5 Å². The molecule has 0 bridgehead atoms. The summed E-state index contributed by atoms with van der Waals surface area (Å²) in [5, 5.41) is 2.80. The summed E-state index contributed by atoms with van der Waals surface area (Å²) < 4.78 is 38.8. The molecule has 2 aromatic rings. The minimum Gasteiger partial charge on any atom is -0.369 e. The van der Waals surface area contributed by atoms with E-state index < -0.39 is 27.8 Å². The predicted molar refractivity (Wildman–Crippen MR) is 121 cm³/mol. The van der Waals surface area contributed by atoms with Gasteiger partial charge in [-0.1, -0.05) is 12.1 Å². The molecule has 1 amide bonds. The third-order valence-corrected chi connectivity index (χ3v) is 6.68. The fraction of sp³-hybridized carbons (Fsp3) is 0.409. The second-order valence-corrected chi connectivity index (χ2v) is 9.75. The molecule has 2 aromatic carbocycles. The van der Waals surface area contributed by atoms with Crippen molar-refractivity contribution >= 4 is 27.3 Å². The summed E-state index contributed by atoms with van der Waals surface area (Å²) in [7, 11) is -1.62. The Hall–Kier alpha value is -2.65. The van der Waals surface area contributed by atoms with E-state index in [9.17, 15) is 17.6 Å². The number of hydrogen-bond donors (Lipinski definition) is 1. The lowest BCUT2D eigenvalue weighted by molar-refractivity contribution is -0.122. The predicted octanol–water partition coefficient (Wildman–Crippen LogP) is 2.05. The summed E-state index contributed by atoms with van der Waals surface area (Å²) in [5.41, 5.74) is 2.31. The van der Waals surface area contributed by atoms with Crippen LogP contribution in [0.2, 0.25) is 0 Å². The molecule has 1 fully saturated rings. The van der Waals surface area contributed by atoms with Gasteiger partial charge in [-0.25, -0.2) is 12.8 Å². The van der Waals surface area contributed by atoms with Gasteiger partial charge in [0, 0.05) is 38.4 Å². The van der Waals surface area contributed by atoms with Crippen molar-refractivity contribution in [3.63, 3.8) is 0 Å². The lowest BCUT2D eigenvalue weighted by Crippen LogP contribution is -2.47. The maximum Gasteiger partial charge on any atom is 0.243 e. The van der Waals surface area contributed by atoms with E-state index in [0.717, 1.165) is 48.0 Å². The second kappa shape index (κ2) is 9.65. The highest BCUT2D eigenvalue weighted by molar-refractivity contribution is 7.92. The van der Waals surface area contributed by atoms with Gasteiger partial charge in [-0.05, 0) is 55.9 Å². The first-order valence-electron chi connectivity index (χ1n) is 10.2. The van der Waals surface area contributed by atoms with Crippen LogP contribution in [-0.4, -0.2) is 64.7 Å². The number of sulfonamides is 1. The largest absolute Gasteiger partial charge is 0.369 e. The van der Waals surface area contributed by atoms with Gasteiger partial charge in [0.15, 0.2) is 0 Å². The maximum atomic E-state index is 13.2. The van der Waals surface area contributed by atoms with Crippen molar-refractivity contribution in [3.8, 4) is 0 Å². The number of hydrogen-bond acceptors (Lipinski definition) is 5. The van der Waals surface area contributed by atoms with Crippen molar-refractivity contribution in [3.05, 3.63) is 59.9 Å². The van der Waals surface area contributed by atoms with Crippen molar-refractivity contribution in [1.29, 1.82) is 0 Å². The first kappa shape index (κ1) is 23.0. The fourth-order valence-corrected chi connectivity index (χ4v) is 4.80. The van der Waals surface area contributed by atoms with E-state index in [2.05, 4.69) is 22.2 Å². The molecule has 31 heavy (non-hydrogen) atoms. The smallest absolute Gasteiger partial charge is 0.243 e. The number of nitrogens with one attached hydrogen (secondary N) is 1. The van der Waals surface area contributed by atoms with E-state index in [1.54, 1.807) is 0 Å². The number of carbonyl (C=O) groups excluding carboxylic acids is 1. The van der Waals surface area contributed by atoms with Gasteiger partial charge in [0.1, 0.15) is 11.9 Å². The van der Waals surface area contributed by atoms with Gasteiger partial charge in [-0.15, -0.1) is 0 Å². The molecule has 168 valence electrons. The third-order valence-electron chi connectivity index (χ3n) is 5.44. The van der Waals surface area contributed by atoms with Crippen LogP contribution in [0.5, 0.6) is 0 Å². The first-order chi connectivity index (χ1) is 14.6. The summed E-state index contributed by atoms with van der Waals surface area (Å²) in [6.07, 6.45) is 1.03. The summed E-state index contributed by atoms with van der Waals surface area (Å²) in [6, 6.07) is 12.0. The molecule has 7 nitrogen and oxygen atoms in total. The number of nitrogens with zero attached hydrogens (tertiary/aromatic N) is 3. The number of halogens is 1. The molecule has 0 saturated carbocycles. The van der Waals surface area contributed by atoms with Crippen LogP contribution < -0.4 is 14.5 Å². The Bertz CT molecular complexity index is 988. The van der Waals surface area contributed by atoms with Crippen molar-refractivity contribution < 1.29 is 17.6 Å². The molecule has 0 unspecified atom stereocenters. The van der Waals surface area contributed by atoms with Crippen molar-refractivity contribution in [2.24, 2.45) is 0 Å². The van der Waals surface area contributed by atoms with E-state index in [0.29, 0.717) is 0 Å². The van der Waals surface area contributed by atoms with Crippen LogP contribution in [0, 0.1) is 5.82 Å². The normalized spacial score (nSPS) is 16.1. The minimum absolute atomic E-state index is 0.239. The van der Waals surface area contributed by atoms with Gasteiger partial charge in [0.05, 0.1) is 11.9 Å². The number of anilines is 2. The second-order valence-electron chi connectivity index (χ2n) is 7.89. The molecule has 1 aliphatic heterocycles. The number of benzene rings is 2. The lowest BCUT2D eigenvalue weighted by Gasteiger charge is -2.34. The molecule has 0 aromatic heterocycles. The zero-order chi connectivity index (χ0) is 22.6. The van der Waals surface area contributed by atoms with Crippen LogP contribution in [0.3, 0.4) is 0 Å². The summed E-state index contributed by atoms with van der Waals surface area (Å²) >= 11 is 0. The van der Waals surface area contributed by atoms with Gasteiger partial charge in [-0.2, -0.15) is 0 Å². The average molecular weight is 449 g/mol. The Labute approximate surface area is 183 Å². The van der Waals surface area contributed by atoms with E-state index in [-0.39, 0.29) is 12.2 Å². The van der Waals surface area contributed by atoms with E-state index in [1.165, 1.54) is 31.2 Å². The molecule has 9 heteroatoms. The van der Waals surface area contributed by atoms with E-state index in [4.69, 9.17) is 0 Å². The molecule has 1 atom stereocenters. The highest BCUT2D eigenvalue weighted by Crippen LogP contribution is 2.21. The van der Waals surface area contributed by atoms with Crippen molar-refractivity contribution in [1.82, 2.24) is 10.2 Å². The van der Waals surface area contributed by atoms with Gasteiger partial charge in [0.2, 0.25) is 15.9 Å². The molecule has 3 rings (SSSR count). The molecule has 1 heterocycles. The Morgan fingerprint density at radius 3 is 2.19 bits per heavy atom. The molecule has 0 spiro atoms. The molecule has 0 aliphatic carbocycles. The maximum absolute atomic E-state index is 13.2. The van der Waals surface area contributed by atoms with Crippen LogP contribution in [0.1, 0.15) is 12.5 Å². The van der Waals surface area contributed by atoms with Crippen LogP contribution in [0.4, 0.5) is 15.8 Å². The van der Waals surface area contributed by atoms with Crippen LogP contribution in [0.25, 0.3) is 0 Å². The number of rotatable bonds is 7. The quantitative estimate of drug-likeness (QED) is 0.702. The van der Waals surface area contributed by atoms with Crippen LogP contribution in [-0.2, 0) is 21.4 Å². The SMILES string of the molecule is C[C@H](C(=O)NCc1ccc(N2CCN(C)CC2)cc1)N(c1ccc(F)cc1)S(C)(=O)=O. The van der Waals surface area contributed by atoms with E-state index >= 15 is 0 Å². The number of amides is 1. The third kappa shape index (κ3) is 5.95. The number of piperazine rings is 1. The summed E-state index contributed by atoms with van der Waals surface area (Å²) in [4.78, 5) is 17.3. The van der Waals surface area contributed by atoms with Gasteiger partial charge in [-0.3, -0.25) is 9.10 Å². The van der Waals surface area contributed by atoms with Gasteiger partial charge in [0.25, 0.3) is 0 Å². The molecule has 0 radical (unpaired) electrons. The average Bonchev–Trinajstić information content (AvgIpc) is 2.73. The summed E-state index contributed by atoms with van der Waals surface area (Å²) in [5.74, 6) is -0.910. The summed E-state index contributed by atoms with van der Waals surface area (Å²) in [6.45, 7) is 5.81. The molecule has 1 N–H and O–H groups in total. The lowest BCUT2D eigenvalue weighted by atomic mass is 10.1. The Morgan fingerprint density at radius 2 is 1.65 bits per heavy atom. The Morgan fingerprint density at radius 1 is 1.06 bits per heavy atom. The van der Waals surface area contributed by atoms with Gasteiger partial charge < -0.3 is 15.1 Å². The molecule has 1 saturated heterocycles. The fourth-order valence-electron chi connectivity index (χ4n) is 3.62. The van der Waals surface area contributed by atoms with Gasteiger partial charge >= 0.3 is 0 Å². The minimum atomic E-state index is -3.74.